The van der Waals surface area contributed by atoms with Gasteiger partial charge in [-0.25, -0.2) is 0 Å². The molecule has 0 bridgehead atoms. The Balaban J connectivity index is 2.08. The van der Waals surface area contributed by atoms with Gasteiger partial charge in [-0.3, -0.25) is 0 Å². The third kappa shape index (κ3) is 2.02. The average molecular weight is 258 g/mol. The molecule has 1 heterocycles. The van der Waals surface area contributed by atoms with E-state index in [-0.39, 0.29) is 5.41 Å². The standard InChI is InChI=1S/C16H22N2O/c1-19-12-5-6-13-14(10-18-15(13)9-12)16(11-17)7-3-2-4-8-16/h5-6,9-10,18H,2-4,7-8,11,17H2,1H3. The summed E-state index contributed by atoms with van der Waals surface area (Å²) in [5, 5.41) is 1.30. The van der Waals surface area contributed by atoms with E-state index >= 15 is 0 Å². The van der Waals surface area contributed by atoms with Crippen LogP contribution in [0.5, 0.6) is 5.75 Å². The quantitative estimate of drug-likeness (QED) is 0.887. The van der Waals surface area contributed by atoms with E-state index in [0.29, 0.717) is 0 Å². The smallest absolute Gasteiger partial charge is 0.120 e. The molecule has 2 aromatic rings. The molecule has 102 valence electrons. The summed E-state index contributed by atoms with van der Waals surface area (Å²) < 4.78 is 5.28. The molecule has 1 saturated carbocycles. The van der Waals surface area contributed by atoms with E-state index in [2.05, 4.69) is 23.3 Å². The maximum absolute atomic E-state index is 6.14. The average Bonchev–Trinajstić information content (AvgIpc) is 2.91. The molecule has 1 aliphatic rings. The van der Waals surface area contributed by atoms with Crippen LogP contribution >= 0.6 is 0 Å². The first-order valence-corrected chi connectivity index (χ1v) is 7.15. The molecule has 0 amide bonds. The Morgan fingerprint density at radius 1 is 1.26 bits per heavy atom. The summed E-state index contributed by atoms with van der Waals surface area (Å²) in [5.41, 5.74) is 8.85. The van der Waals surface area contributed by atoms with Crippen molar-refractivity contribution in [1.29, 1.82) is 0 Å². The molecule has 1 fully saturated rings. The molecule has 3 heteroatoms. The fraction of sp³-hybridized carbons (Fsp3) is 0.500. The van der Waals surface area contributed by atoms with Crippen LogP contribution in [0.4, 0.5) is 0 Å². The van der Waals surface area contributed by atoms with E-state index in [0.717, 1.165) is 17.8 Å². The summed E-state index contributed by atoms with van der Waals surface area (Å²) >= 11 is 0. The third-order valence-corrected chi connectivity index (χ3v) is 4.66. The lowest BCUT2D eigenvalue weighted by Crippen LogP contribution is -2.36. The SMILES string of the molecule is COc1ccc2c(C3(CN)CCCCC3)c[nH]c2c1. The van der Waals surface area contributed by atoms with Gasteiger partial charge in [-0.05, 0) is 30.5 Å². The van der Waals surface area contributed by atoms with E-state index in [1.165, 1.54) is 43.1 Å². The molecule has 0 radical (unpaired) electrons. The molecule has 19 heavy (non-hydrogen) atoms. The summed E-state index contributed by atoms with van der Waals surface area (Å²) in [6.07, 6.45) is 8.51. The van der Waals surface area contributed by atoms with Gasteiger partial charge < -0.3 is 15.5 Å². The van der Waals surface area contributed by atoms with Gasteiger partial charge in [0.05, 0.1) is 7.11 Å². The van der Waals surface area contributed by atoms with Crippen molar-refractivity contribution >= 4 is 10.9 Å². The lowest BCUT2D eigenvalue weighted by atomic mass is 9.69. The molecule has 1 aliphatic carbocycles. The zero-order chi connectivity index (χ0) is 13.3. The number of fused-ring (bicyclic) bond motifs is 1. The zero-order valence-corrected chi connectivity index (χ0v) is 11.5. The second-order valence-electron chi connectivity index (χ2n) is 5.66. The van der Waals surface area contributed by atoms with E-state index in [9.17, 15) is 0 Å². The van der Waals surface area contributed by atoms with Crippen molar-refractivity contribution in [1.82, 2.24) is 4.98 Å². The number of H-pyrrole nitrogens is 1. The number of ether oxygens (including phenoxy) is 1. The maximum Gasteiger partial charge on any atom is 0.120 e. The Kier molecular flexibility index (Phi) is 3.23. The monoisotopic (exact) mass is 258 g/mol. The van der Waals surface area contributed by atoms with Gasteiger partial charge in [-0.2, -0.15) is 0 Å². The van der Waals surface area contributed by atoms with Crippen molar-refractivity contribution in [2.24, 2.45) is 5.73 Å². The van der Waals surface area contributed by atoms with Crippen molar-refractivity contribution in [2.45, 2.75) is 37.5 Å². The molecule has 1 aromatic heterocycles. The topological polar surface area (TPSA) is 51.0 Å². The van der Waals surface area contributed by atoms with E-state index in [4.69, 9.17) is 10.5 Å². The Bertz CT molecular complexity index is 567. The highest BCUT2D eigenvalue weighted by molar-refractivity contribution is 5.85. The molecule has 0 unspecified atom stereocenters. The van der Waals surface area contributed by atoms with Gasteiger partial charge in [-0.15, -0.1) is 0 Å². The van der Waals surface area contributed by atoms with Gasteiger partial charge in [0.2, 0.25) is 0 Å². The second-order valence-corrected chi connectivity index (χ2v) is 5.66. The molecule has 0 atom stereocenters. The fourth-order valence-electron chi connectivity index (χ4n) is 3.48. The Hall–Kier alpha value is -1.48. The molecular weight excluding hydrogens is 236 g/mol. The van der Waals surface area contributed by atoms with Crippen LogP contribution in [-0.4, -0.2) is 18.6 Å². The van der Waals surface area contributed by atoms with Gasteiger partial charge in [0, 0.05) is 35.1 Å². The van der Waals surface area contributed by atoms with Gasteiger partial charge in [0.25, 0.3) is 0 Å². The number of nitrogens with one attached hydrogen (secondary N) is 1. The molecule has 1 aromatic carbocycles. The predicted molar refractivity (Wildman–Crippen MR) is 78.7 cm³/mol. The van der Waals surface area contributed by atoms with Crippen LogP contribution in [0.25, 0.3) is 10.9 Å². The summed E-state index contributed by atoms with van der Waals surface area (Å²) in [5.74, 6) is 0.895. The highest BCUT2D eigenvalue weighted by atomic mass is 16.5. The number of aromatic nitrogens is 1. The molecular formula is C16H22N2O. The lowest BCUT2D eigenvalue weighted by molar-refractivity contribution is 0.303. The van der Waals surface area contributed by atoms with Gasteiger partial charge in [0.15, 0.2) is 0 Å². The van der Waals surface area contributed by atoms with Crippen LogP contribution < -0.4 is 10.5 Å². The second kappa shape index (κ2) is 4.89. The van der Waals surface area contributed by atoms with E-state index in [1.54, 1.807) is 7.11 Å². The summed E-state index contributed by atoms with van der Waals surface area (Å²) in [6.45, 7) is 0.742. The first-order valence-electron chi connectivity index (χ1n) is 7.15. The van der Waals surface area contributed by atoms with Crippen LogP contribution in [-0.2, 0) is 5.41 Å². The normalized spacial score (nSPS) is 18.6. The Morgan fingerprint density at radius 2 is 2.05 bits per heavy atom. The van der Waals surface area contributed by atoms with Crippen LogP contribution in [0.1, 0.15) is 37.7 Å². The summed E-state index contributed by atoms with van der Waals surface area (Å²) in [6, 6.07) is 6.25. The number of rotatable bonds is 3. The van der Waals surface area contributed by atoms with Crippen molar-refractivity contribution in [3.8, 4) is 5.75 Å². The number of hydrogen-bond acceptors (Lipinski definition) is 2. The first-order chi connectivity index (χ1) is 9.29. The van der Waals surface area contributed by atoms with E-state index in [1.807, 2.05) is 6.07 Å². The molecule has 3 nitrogen and oxygen atoms in total. The fourth-order valence-corrected chi connectivity index (χ4v) is 3.48. The van der Waals surface area contributed by atoms with Crippen LogP contribution in [0.15, 0.2) is 24.4 Å². The van der Waals surface area contributed by atoms with Crippen molar-refractivity contribution in [3.63, 3.8) is 0 Å². The van der Waals surface area contributed by atoms with Crippen LogP contribution in [0.3, 0.4) is 0 Å². The highest BCUT2D eigenvalue weighted by Gasteiger charge is 2.34. The van der Waals surface area contributed by atoms with Crippen molar-refractivity contribution < 1.29 is 4.74 Å². The molecule has 0 spiro atoms. The van der Waals surface area contributed by atoms with E-state index < -0.39 is 0 Å². The summed E-state index contributed by atoms with van der Waals surface area (Å²) in [4.78, 5) is 3.38. The third-order valence-electron chi connectivity index (χ3n) is 4.66. The first kappa shape index (κ1) is 12.5. The lowest BCUT2D eigenvalue weighted by Gasteiger charge is -2.36. The number of methoxy groups -OCH3 is 1. The Morgan fingerprint density at radius 3 is 2.74 bits per heavy atom. The largest absolute Gasteiger partial charge is 0.497 e. The molecule has 3 N–H and O–H groups in total. The van der Waals surface area contributed by atoms with Gasteiger partial charge in [-0.1, -0.05) is 19.3 Å². The van der Waals surface area contributed by atoms with Crippen LogP contribution in [0, 0.1) is 0 Å². The number of nitrogens with two attached hydrogens (primary N) is 1. The molecule has 3 rings (SSSR count). The predicted octanol–water partition coefficient (Wildman–Crippen LogP) is 3.34. The number of aromatic amines is 1. The zero-order valence-electron chi connectivity index (χ0n) is 11.5. The van der Waals surface area contributed by atoms with Crippen molar-refractivity contribution in [2.75, 3.05) is 13.7 Å². The number of hydrogen-bond donors (Lipinski definition) is 2. The van der Waals surface area contributed by atoms with Gasteiger partial charge >= 0.3 is 0 Å². The Labute approximate surface area is 114 Å². The number of benzene rings is 1. The minimum absolute atomic E-state index is 0.172. The minimum atomic E-state index is 0.172. The van der Waals surface area contributed by atoms with Crippen LogP contribution in [0.2, 0.25) is 0 Å². The molecule has 0 saturated heterocycles. The minimum Gasteiger partial charge on any atom is -0.497 e. The molecule has 0 aliphatic heterocycles. The van der Waals surface area contributed by atoms with Gasteiger partial charge in [0.1, 0.15) is 5.75 Å². The highest BCUT2D eigenvalue weighted by Crippen LogP contribution is 2.42. The van der Waals surface area contributed by atoms with Crippen molar-refractivity contribution in [3.05, 3.63) is 30.0 Å². The summed E-state index contributed by atoms with van der Waals surface area (Å²) in [7, 11) is 1.70. The maximum atomic E-state index is 6.14.